The van der Waals surface area contributed by atoms with Crippen molar-refractivity contribution in [2.24, 2.45) is 5.92 Å². The number of amides is 1. The molecule has 0 radical (unpaired) electrons. The van der Waals surface area contributed by atoms with Crippen LogP contribution < -0.4 is 10.2 Å². The van der Waals surface area contributed by atoms with Gasteiger partial charge in [0, 0.05) is 30.3 Å². The largest absolute Gasteiger partial charge is 0.356 e. The van der Waals surface area contributed by atoms with Crippen LogP contribution in [-0.4, -0.2) is 38.8 Å². The molecule has 0 spiro atoms. The Morgan fingerprint density at radius 3 is 2.71 bits per heavy atom. The highest BCUT2D eigenvalue weighted by Gasteiger charge is 2.31. The summed E-state index contributed by atoms with van der Waals surface area (Å²) in [5.41, 5.74) is 1.76. The summed E-state index contributed by atoms with van der Waals surface area (Å²) in [5.74, 6) is 1.21. The Morgan fingerprint density at radius 2 is 1.90 bits per heavy atom. The number of carbonyl (C=O) groups is 1. The average Bonchev–Trinajstić information content (AvgIpc) is 3.42. The van der Waals surface area contributed by atoms with Crippen molar-refractivity contribution in [2.75, 3.05) is 23.3 Å². The Labute approximate surface area is 177 Å². The summed E-state index contributed by atoms with van der Waals surface area (Å²) in [5, 5.41) is 12.3. The molecule has 1 aliphatic heterocycles. The molecule has 2 fully saturated rings. The lowest BCUT2D eigenvalue weighted by Gasteiger charge is -2.32. The number of aromatic nitrogens is 4. The van der Waals surface area contributed by atoms with E-state index in [4.69, 9.17) is 4.52 Å². The van der Waals surface area contributed by atoms with Gasteiger partial charge in [0.05, 0.1) is 5.69 Å². The van der Waals surface area contributed by atoms with E-state index in [-0.39, 0.29) is 29.1 Å². The first-order chi connectivity index (χ1) is 15.2. The number of halogens is 1. The second kappa shape index (κ2) is 7.04. The molecule has 31 heavy (non-hydrogen) atoms. The van der Waals surface area contributed by atoms with Crippen LogP contribution in [-0.2, 0) is 4.79 Å². The third kappa shape index (κ3) is 3.20. The number of fused-ring (bicyclic) bond motifs is 2. The maximum Gasteiger partial charge on any atom is 0.249 e. The third-order valence-corrected chi connectivity index (χ3v) is 6.21. The number of carbonyl (C=O) groups excluding carboxylic acids is 1. The van der Waals surface area contributed by atoms with Gasteiger partial charge in [-0.05, 0) is 49.9 Å². The van der Waals surface area contributed by atoms with Gasteiger partial charge in [-0.15, -0.1) is 5.10 Å². The van der Waals surface area contributed by atoms with E-state index < -0.39 is 0 Å². The number of hydrogen-bond donors (Lipinski definition) is 1. The van der Waals surface area contributed by atoms with Gasteiger partial charge in [-0.2, -0.15) is 9.50 Å². The van der Waals surface area contributed by atoms with Crippen molar-refractivity contribution in [3.05, 3.63) is 47.9 Å². The Hall–Kier alpha value is -3.49. The van der Waals surface area contributed by atoms with Crippen molar-refractivity contribution in [1.29, 1.82) is 0 Å². The van der Waals surface area contributed by atoms with Crippen LogP contribution in [0, 0.1) is 11.7 Å². The zero-order valence-electron chi connectivity index (χ0n) is 16.8. The van der Waals surface area contributed by atoms with E-state index in [1.165, 1.54) is 6.07 Å². The lowest BCUT2D eigenvalue weighted by molar-refractivity contribution is -0.117. The number of benzene rings is 1. The second-order valence-electron chi connectivity index (χ2n) is 8.30. The summed E-state index contributed by atoms with van der Waals surface area (Å²) in [6.07, 6.45) is 3.61. The topological polar surface area (TPSA) is 88.6 Å². The minimum Gasteiger partial charge on any atom is -0.356 e. The SMILES string of the molecule is O=C(Nc1nc2cccc(N3CCC(c4noc5c(F)cccc45)CC3)n2n1)C1CC1. The number of anilines is 2. The molecular formula is C22H21FN6O2. The van der Waals surface area contributed by atoms with E-state index >= 15 is 0 Å². The molecule has 1 saturated heterocycles. The zero-order valence-corrected chi connectivity index (χ0v) is 16.8. The number of nitrogens with zero attached hydrogens (tertiary/aromatic N) is 5. The Bertz CT molecular complexity index is 1290. The van der Waals surface area contributed by atoms with Crippen LogP contribution in [0.25, 0.3) is 16.6 Å². The van der Waals surface area contributed by atoms with Crippen molar-refractivity contribution < 1.29 is 13.7 Å². The van der Waals surface area contributed by atoms with Gasteiger partial charge in [-0.1, -0.05) is 17.3 Å². The molecule has 0 atom stereocenters. The highest BCUT2D eigenvalue weighted by atomic mass is 19.1. The van der Waals surface area contributed by atoms with E-state index in [0.29, 0.717) is 11.6 Å². The van der Waals surface area contributed by atoms with Crippen LogP contribution in [0.5, 0.6) is 0 Å². The van der Waals surface area contributed by atoms with Crippen LogP contribution in [0.1, 0.15) is 37.3 Å². The quantitative estimate of drug-likeness (QED) is 0.541. The molecule has 0 unspecified atom stereocenters. The maximum atomic E-state index is 13.9. The lowest BCUT2D eigenvalue weighted by atomic mass is 9.91. The summed E-state index contributed by atoms with van der Waals surface area (Å²) in [6.45, 7) is 1.61. The van der Waals surface area contributed by atoms with E-state index in [2.05, 4.69) is 25.5 Å². The van der Waals surface area contributed by atoms with E-state index in [0.717, 1.165) is 55.7 Å². The monoisotopic (exact) mass is 420 g/mol. The Morgan fingerprint density at radius 1 is 1.10 bits per heavy atom. The lowest BCUT2D eigenvalue weighted by Crippen LogP contribution is -2.34. The molecule has 8 nitrogen and oxygen atoms in total. The van der Waals surface area contributed by atoms with Crippen LogP contribution in [0.4, 0.5) is 16.2 Å². The summed E-state index contributed by atoms with van der Waals surface area (Å²) >= 11 is 0. The Balaban J connectivity index is 1.22. The number of para-hydroxylation sites is 1. The third-order valence-electron chi connectivity index (χ3n) is 6.21. The molecule has 1 aromatic carbocycles. The molecular weight excluding hydrogens is 399 g/mol. The molecule has 1 amide bonds. The van der Waals surface area contributed by atoms with E-state index in [9.17, 15) is 9.18 Å². The fourth-order valence-corrected chi connectivity index (χ4v) is 4.37. The molecule has 1 aliphatic carbocycles. The number of pyridine rings is 1. The fraction of sp³-hybridized carbons (Fsp3) is 0.364. The first kappa shape index (κ1) is 18.3. The van der Waals surface area contributed by atoms with Gasteiger partial charge in [0.2, 0.25) is 17.4 Å². The molecule has 9 heteroatoms. The molecule has 3 aromatic heterocycles. The van der Waals surface area contributed by atoms with Crippen LogP contribution >= 0.6 is 0 Å². The molecule has 2 aliphatic rings. The van der Waals surface area contributed by atoms with Crippen molar-refractivity contribution in [1.82, 2.24) is 19.8 Å². The van der Waals surface area contributed by atoms with Crippen LogP contribution in [0.3, 0.4) is 0 Å². The Kier molecular flexibility index (Phi) is 4.15. The minimum absolute atomic E-state index is 0.00505. The number of nitrogens with one attached hydrogen (secondary N) is 1. The first-order valence-corrected chi connectivity index (χ1v) is 10.6. The predicted octanol–water partition coefficient (Wildman–Crippen LogP) is 3.74. The van der Waals surface area contributed by atoms with Crippen molar-refractivity contribution >= 4 is 34.3 Å². The predicted molar refractivity (Wildman–Crippen MR) is 112 cm³/mol. The summed E-state index contributed by atoms with van der Waals surface area (Å²) < 4.78 is 21.0. The van der Waals surface area contributed by atoms with Crippen molar-refractivity contribution in [3.63, 3.8) is 0 Å². The standard InChI is InChI=1S/C22H21FN6O2/c23-16-4-1-3-15-19(27-31-20(15)16)13-9-11-28(12-10-13)18-6-2-5-17-24-22(26-29(17)18)25-21(30)14-7-8-14/h1-6,13-14H,7-12H2,(H,25,26,30). The summed E-state index contributed by atoms with van der Waals surface area (Å²) in [7, 11) is 0. The van der Waals surface area contributed by atoms with Gasteiger partial charge >= 0.3 is 0 Å². The van der Waals surface area contributed by atoms with Gasteiger partial charge in [-0.25, -0.2) is 4.39 Å². The molecule has 1 saturated carbocycles. The summed E-state index contributed by atoms with van der Waals surface area (Å²) in [6, 6.07) is 10.8. The van der Waals surface area contributed by atoms with Gasteiger partial charge < -0.3 is 9.42 Å². The zero-order chi connectivity index (χ0) is 20.9. The first-order valence-electron chi connectivity index (χ1n) is 10.6. The number of rotatable bonds is 4. The van der Waals surface area contributed by atoms with Gasteiger partial charge in [0.1, 0.15) is 5.82 Å². The molecule has 4 aromatic rings. The molecule has 0 bridgehead atoms. The molecule has 4 heterocycles. The second-order valence-corrected chi connectivity index (χ2v) is 8.30. The van der Waals surface area contributed by atoms with E-state index in [1.54, 1.807) is 10.6 Å². The van der Waals surface area contributed by atoms with Crippen LogP contribution in [0.15, 0.2) is 40.9 Å². The molecule has 1 N–H and O–H groups in total. The molecule has 158 valence electrons. The van der Waals surface area contributed by atoms with E-state index in [1.807, 2.05) is 24.3 Å². The minimum atomic E-state index is -0.379. The average molecular weight is 420 g/mol. The highest BCUT2D eigenvalue weighted by Crippen LogP contribution is 2.35. The van der Waals surface area contributed by atoms with Gasteiger partial charge in [0.15, 0.2) is 11.5 Å². The van der Waals surface area contributed by atoms with Crippen LogP contribution in [0.2, 0.25) is 0 Å². The number of piperidine rings is 1. The normalized spacial score (nSPS) is 17.5. The van der Waals surface area contributed by atoms with Crippen molar-refractivity contribution in [2.45, 2.75) is 31.6 Å². The van der Waals surface area contributed by atoms with Crippen molar-refractivity contribution in [3.8, 4) is 0 Å². The van der Waals surface area contributed by atoms with Gasteiger partial charge in [0.25, 0.3) is 0 Å². The highest BCUT2D eigenvalue weighted by molar-refractivity contribution is 5.92. The summed E-state index contributed by atoms with van der Waals surface area (Å²) in [4.78, 5) is 18.8. The van der Waals surface area contributed by atoms with Gasteiger partial charge in [-0.3, -0.25) is 10.1 Å². The fourth-order valence-electron chi connectivity index (χ4n) is 4.37. The number of hydrogen-bond acceptors (Lipinski definition) is 6. The smallest absolute Gasteiger partial charge is 0.249 e. The molecule has 6 rings (SSSR count). The maximum absolute atomic E-state index is 13.9.